The normalized spacial score (nSPS) is 12.0. The highest BCUT2D eigenvalue weighted by molar-refractivity contribution is 6.10. The lowest BCUT2D eigenvalue weighted by Gasteiger charge is -2.10. The number of amides is 1. The van der Waals surface area contributed by atoms with Crippen molar-refractivity contribution in [3.8, 4) is 5.69 Å². The first-order chi connectivity index (χ1) is 16.3. The van der Waals surface area contributed by atoms with Crippen LogP contribution in [0.2, 0.25) is 0 Å². The number of carbonyl (C=O) groups is 1. The number of hydrogen-bond acceptors (Lipinski definition) is 4. The molecule has 0 saturated carbocycles. The number of nitrogens with zero attached hydrogens (tertiary/aromatic N) is 6. The van der Waals surface area contributed by atoms with Gasteiger partial charge in [-0.1, -0.05) is 0 Å². The molecule has 0 aliphatic carbocycles. The van der Waals surface area contributed by atoms with Crippen LogP contribution in [-0.2, 0) is 26.3 Å². The monoisotopic (exact) mass is 467 g/mol. The molecule has 0 aliphatic rings. The van der Waals surface area contributed by atoms with E-state index < -0.39 is 11.7 Å². The fraction of sp³-hybridized carbons (Fsp3) is 0.217. The van der Waals surface area contributed by atoms with Crippen LogP contribution in [-0.4, -0.2) is 35.0 Å². The molecule has 34 heavy (non-hydrogen) atoms. The fourth-order valence-corrected chi connectivity index (χ4v) is 4.04. The Balaban J connectivity index is 1.53. The maximum absolute atomic E-state index is 13.0. The van der Waals surface area contributed by atoms with Crippen LogP contribution in [0.5, 0.6) is 0 Å². The molecule has 0 aliphatic heterocycles. The molecule has 3 aromatic heterocycles. The Labute approximate surface area is 191 Å². The van der Waals surface area contributed by atoms with Crippen molar-refractivity contribution in [2.75, 3.05) is 0 Å². The Morgan fingerprint density at radius 3 is 2.56 bits per heavy atom. The number of rotatable bonds is 5. The van der Waals surface area contributed by atoms with E-state index in [-0.39, 0.29) is 12.5 Å². The van der Waals surface area contributed by atoms with E-state index in [4.69, 9.17) is 0 Å². The van der Waals surface area contributed by atoms with E-state index in [2.05, 4.69) is 20.6 Å². The SMILES string of the molecule is CCn1cnnc1CNC(=O)c1ccc2c(c1)c1cn(C)nc1n2-c1ccc(C(F)(F)F)cc1. The number of benzene rings is 2. The fourth-order valence-electron chi connectivity index (χ4n) is 4.04. The highest BCUT2D eigenvalue weighted by Crippen LogP contribution is 2.34. The first-order valence-corrected chi connectivity index (χ1v) is 10.6. The molecule has 3 heterocycles. The first kappa shape index (κ1) is 21.7. The summed E-state index contributed by atoms with van der Waals surface area (Å²) < 4.78 is 44.3. The zero-order valence-electron chi connectivity index (χ0n) is 18.3. The summed E-state index contributed by atoms with van der Waals surface area (Å²) in [7, 11) is 1.77. The number of aromatic nitrogens is 6. The van der Waals surface area contributed by atoms with E-state index in [0.717, 1.165) is 28.4 Å². The van der Waals surface area contributed by atoms with Crippen molar-refractivity contribution < 1.29 is 18.0 Å². The van der Waals surface area contributed by atoms with Crippen LogP contribution in [0.1, 0.15) is 28.7 Å². The largest absolute Gasteiger partial charge is 0.416 e. The molecule has 0 atom stereocenters. The zero-order chi connectivity index (χ0) is 24.0. The Kier molecular flexibility index (Phi) is 5.11. The van der Waals surface area contributed by atoms with Gasteiger partial charge in [-0.05, 0) is 49.4 Å². The minimum atomic E-state index is -4.41. The second kappa shape index (κ2) is 8.01. The summed E-state index contributed by atoms with van der Waals surface area (Å²) in [5, 5.41) is 16.8. The molecular formula is C23H20F3N7O. The lowest BCUT2D eigenvalue weighted by atomic mass is 10.1. The molecule has 11 heteroatoms. The molecule has 0 fully saturated rings. The maximum Gasteiger partial charge on any atom is 0.416 e. The van der Waals surface area contributed by atoms with Gasteiger partial charge in [0.15, 0.2) is 11.5 Å². The lowest BCUT2D eigenvalue weighted by molar-refractivity contribution is -0.137. The maximum atomic E-state index is 13.0. The lowest BCUT2D eigenvalue weighted by Crippen LogP contribution is -2.24. The smallest absolute Gasteiger partial charge is 0.345 e. The predicted molar refractivity (Wildman–Crippen MR) is 119 cm³/mol. The highest BCUT2D eigenvalue weighted by Gasteiger charge is 2.30. The van der Waals surface area contributed by atoms with Gasteiger partial charge in [0.2, 0.25) is 0 Å². The van der Waals surface area contributed by atoms with Crippen LogP contribution >= 0.6 is 0 Å². The summed E-state index contributed by atoms with van der Waals surface area (Å²) >= 11 is 0. The van der Waals surface area contributed by atoms with Gasteiger partial charge in [0.1, 0.15) is 6.33 Å². The Bertz CT molecular complexity index is 1510. The van der Waals surface area contributed by atoms with Crippen LogP contribution in [0.15, 0.2) is 55.0 Å². The van der Waals surface area contributed by atoms with Gasteiger partial charge in [0.05, 0.1) is 17.6 Å². The van der Waals surface area contributed by atoms with Gasteiger partial charge >= 0.3 is 6.18 Å². The Hall–Kier alpha value is -4.15. The molecule has 1 amide bonds. The van der Waals surface area contributed by atoms with Crippen LogP contribution < -0.4 is 5.32 Å². The number of hydrogen-bond donors (Lipinski definition) is 1. The molecule has 0 spiro atoms. The van der Waals surface area contributed by atoms with Gasteiger partial charge in [-0.3, -0.25) is 14.0 Å². The van der Waals surface area contributed by atoms with Gasteiger partial charge in [0, 0.05) is 41.8 Å². The average Bonchev–Trinajstić information content (AvgIpc) is 3.50. The molecule has 0 bridgehead atoms. The van der Waals surface area contributed by atoms with Crippen LogP contribution in [0, 0.1) is 0 Å². The van der Waals surface area contributed by atoms with Gasteiger partial charge in [-0.15, -0.1) is 10.2 Å². The van der Waals surface area contributed by atoms with Gasteiger partial charge in [0.25, 0.3) is 5.91 Å². The van der Waals surface area contributed by atoms with E-state index in [1.54, 1.807) is 40.8 Å². The molecule has 174 valence electrons. The van der Waals surface area contributed by atoms with Crippen LogP contribution in [0.25, 0.3) is 27.6 Å². The van der Waals surface area contributed by atoms with Crippen LogP contribution in [0.4, 0.5) is 13.2 Å². The van der Waals surface area contributed by atoms with Gasteiger partial charge < -0.3 is 9.88 Å². The minimum Gasteiger partial charge on any atom is -0.345 e. The molecule has 5 rings (SSSR count). The molecule has 8 nitrogen and oxygen atoms in total. The molecule has 2 aromatic carbocycles. The van der Waals surface area contributed by atoms with Gasteiger partial charge in [-0.25, -0.2) is 0 Å². The number of alkyl halides is 3. The second-order valence-electron chi connectivity index (χ2n) is 7.87. The molecule has 1 N–H and O–H groups in total. The molecule has 0 radical (unpaired) electrons. The van der Waals surface area contributed by atoms with Crippen molar-refractivity contribution in [1.29, 1.82) is 0 Å². The van der Waals surface area contributed by atoms with Crippen LogP contribution in [0.3, 0.4) is 0 Å². The van der Waals surface area contributed by atoms with Crippen molar-refractivity contribution in [2.24, 2.45) is 7.05 Å². The third-order valence-corrected chi connectivity index (χ3v) is 5.71. The van der Waals surface area contributed by atoms with E-state index in [1.165, 1.54) is 12.1 Å². The quantitative estimate of drug-likeness (QED) is 0.422. The Morgan fingerprint density at radius 2 is 1.85 bits per heavy atom. The molecule has 5 aromatic rings. The number of aryl methyl sites for hydroxylation is 2. The molecule has 0 saturated heterocycles. The van der Waals surface area contributed by atoms with Crippen molar-refractivity contribution in [3.05, 3.63) is 71.9 Å². The predicted octanol–water partition coefficient (Wildman–Crippen LogP) is 4.08. The van der Waals surface area contributed by atoms with Crippen molar-refractivity contribution >= 4 is 27.8 Å². The molecule has 0 unspecified atom stereocenters. The summed E-state index contributed by atoms with van der Waals surface area (Å²) in [6.45, 7) is 2.89. The number of carbonyl (C=O) groups excluding carboxylic acids is 1. The standard InChI is InChI=1S/C23H20F3N7O/c1-3-32-13-28-29-20(32)11-27-22(34)14-4-9-19-17(10-14)18-12-31(2)30-21(18)33(19)16-7-5-15(6-8-16)23(24,25)26/h4-10,12-13H,3,11H2,1-2H3,(H,27,34). The zero-order valence-corrected chi connectivity index (χ0v) is 18.3. The van der Waals surface area contributed by atoms with E-state index >= 15 is 0 Å². The van der Waals surface area contributed by atoms with E-state index in [0.29, 0.717) is 29.3 Å². The van der Waals surface area contributed by atoms with Gasteiger partial charge in [-0.2, -0.15) is 18.3 Å². The van der Waals surface area contributed by atoms with Crippen molar-refractivity contribution in [3.63, 3.8) is 0 Å². The summed E-state index contributed by atoms with van der Waals surface area (Å²) in [4.78, 5) is 12.8. The summed E-state index contributed by atoms with van der Waals surface area (Å²) in [5.41, 5.74) is 1.60. The number of nitrogens with one attached hydrogen (secondary N) is 1. The van der Waals surface area contributed by atoms with E-state index in [9.17, 15) is 18.0 Å². The topological polar surface area (TPSA) is 82.6 Å². The average molecular weight is 467 g/mol. The summed E-state index contributed by atoms with van der Waals surface area (Å²) in [5.74, 6) is 0.381. The van der Waals surface area contributed by atoms with E-state index in [1.807, 2.05) is 17.7 Å². The van der Waals surface area contributed by atoms with Crippen molar-refractivity contribution in [2.45, 2.75) is 26.2 Å². The first-order valence-electron chi connectivity index (χ1n) is 10.6. The number of fused-ring (bicyclic) bond motifs is 3. The summed E-state index contributed by atoms with van der Waals surface area (Å²) in [6.07, 6.45) is -0.982. The minimum absolute atomic E-state index is 0.236. The third kappa shape index (κ3) is 3.68. The molecular weight excluding hydrogens is 447 g/mol. The third-order valence-electron chi connectivity index (χ3n) is 5.71. The number of halogens is 3. The van der Waals surface area contributed by atoms with Crippen molar-refractivity contribution in [1.82, 2.24) is 34.4 Å². The second-order valence-corrected chi connectivity index (χ2v) is 7.87. The summed E-state index contributed by atoms with van der Waals surface area (Å²) in [6, 6.07) is 10.2. The Morgan fingerprint density at radius 1 is 1.09 bits per heavy atom. The highest BCUT2D eigenvalue weighted by atomic mass is 19.4.